The summed E-state index contributed by atoms with van der Waals surface area (Å²) in [6, 6.07) is 11.3. The van der Waals surface area contributed by atoms with E-state index in [2.05, 4.69) is 5.32 Å². The van der Waals surface area contributed by atoms with Gasteiger partial charge >= 0.3 is 5.97 Å². The van der Waals surface area contributed by atoms with Crippen LogP contribution in [0.5, 0.6) is 0 Å². The molecular formula is C20H25NO3. The molecular weight excluding hydrogens is 302 g/mol. The lowest BCUT2D eigenvalue weighted by atomic mass is 9.97. The van der Waals surface area contributed by atoms with Crippen molar-refractivity contribution >= 4 is 5.97 Å². The molecule has 0 radical (unpaired) electrons. The molecule has 1 aromatic heterocycles. The molecule has 1 aliphatic carbocycles. The molecule has 0 unspecified atom stereocenters. The van der Waals surface area contributed by atoms with Crippen LogP contribution in [0.2, 0.25) is 0 Å². The van der Waals surface area contributed by atoms with Gasteiger partial charge in [0.25, 0.3) is 0 Å². The van der Waals surface area contributed by atoms with Crippen LogP contribution in [0.3, 0.4) is 0 Å². The van der Waals surface area contributed by atoms with Crippen LogP contribution >= 0.6 is 0 Å². The van der Waals surface area contributed by atoms with Gasteiger partial charge in [-0.1, -0.05) is 44.2 Å². The molecule has 0 atom stereocenters. The lowest BCUT2D eigenvalue weighted by Crippen LogP contribution is -2.29. The van der Waals surface area contributed by atoms with Gasteiger partial charge in [0.05, 0.1) is 12.1 Å². The van der Waals surface area contributed by atoms with Crippen LogP contribution in [-0.4, -0.2) is 17.1 Å². The van der Waals surface area contributed by atoms with Crippen molar-refractivity contribution in [1.29, 1.82) is 0 Å². The van der Waals surface area contributed by atoms with Crippen molar-refractivity contribution in [1.82, 2.24) is 5.32 Å². The minimum atomic E-state index is -0.922. The molecule has 4 nitrogen and oxygen atoms in total. The maximum Gasteiger partial charge on any atom is 0.335 e. The van der Waals surface area contributed by atoms with E-state index in [1.807, 2.05) is 18.2 Å². The van der Waals surface area contributed by atoms with Gasteiger partial charge < -0.3 is 14.8 Å². The number of rotatable bonds is 5. The number of benzene rings is 1. The minimum absolute atomic E-state index is 0.276. The third-order valence-electron chi connectivity index (χ3n) is 4.73. The van der Waals surface area contributed by atoms with Gasteiger partial charge in [-0.05, 0) is 37.1 Å². The van der Waals surface area contributed by atoms with Gasteiger partial charge in [0.2, 0.25) is 0 Å². The summed E-state index contributed by atoms with van der Waals surface area (Å²) in [7, 11) is 0. The van der Waals surface area contributed by atoms with Gasteiger partial charge in [-0.25, -0.2) is 4.79 Å². The number of hydrogen-bond acceptors (Lipinski definition) is 3. The van der Waals surface area contributed by atoms with Gasteiger partial charge in [-0.3, -0.25) is 0 Å². The molecule has 1 aromatic carbocycles. The SMILES string of the molecule is O=C(O)c1cccc(-c2ccc(CNC3CCCCCCC3)o2)c1. The Balaban J connectivity index is 1.61. The van der Waals surface area contributed by atoms with Crippen molar-refractivity contribution in [3.8, 4) is 11.3 Å². The Kier molecular flexibility index (Phi) is 5.70. The third kappa shape index (κ3) is 4.48. The van der Waals surface area contributed by atoms with Crippen LogP contribution in [0.4, 0.5) is 0 Å². The van der Waals surface area contributed by atoms with Crippen LogP contribution in [0.15, 0.2) is 40.8 Å². The van der Waals surface area contributed by atoms with E-state index in [1.54, 1.807) is 18.2 Å². The first kappa shape index (κ1) is 16.8. The molecule has 0 aliphatic heterocycles. The number of hydrogen-bond donors (Lipinski definition) is 2. The fourth-order valence-electron chi connectivity index (χ4n) is 3.34. The monoisotopic (exact) mass is 327 g/mol. The smallest absolute Gasteiger partial charge is 0.335 e. The molecule has 1 aliphatic rings. The summed E-state index contributed by atoms with van der Waals surface area (Å²) in [6.45, 7) is 0.725. The maximum atomic E-state index is 11.1. The summed E-state index contributed by atoms with van der Waals surface area (Å²) in [5, 5.41) is 12.7. The number of carboxylic acid groups (broad SMARTS) is 1. The summed E-state index contributed by atoms with van der Waals surface area (Å²) < 4.78 is 5.90. The lowest BCUT2D eigenvalue weighted by molar-refractivity contribution is 0.0697. The molecule has 1 fully saturated rings. The summed E-state index contributed by atoms with van der Waals surface area (Å²) in [4.78, 5) is 11.1. The Hall–Kier alpha value is -2.07. The zero-order valence-corrected chi connectivity index (χ0v) is 14.0. The van der Waals surface area contributed by atoms with Gasteiger partial charge in [0, 0.05) is 11.6 Å². The Morgan fingerprint density at radius 2 is 1.83 bits per heavy atom. The average Bonchev–Trinajstić information content (AvgIpc) is 3.03. The average molecular weight is 327 g/mol. The van der Waals surface area contributed by atoms with Gasteiger partial charge in [0.1, 0.15) is 11.5 Å². The summed E-state index contributed by atoms with van der Waals surface area (Å²) in [5.74, 6) is 0.690. The van der Waals surface area contributed by atoms with Crippen LogP contribution in [0.1, 0.15) is 61.1 Å². The van der Waals surface area contributed by atoms with Crippen molar-refractivity contribution in [2.45, 2.75) is 57.5 Å². The van der Waals surface area contributed by atoms with E-state index in [0.717, 1.165) is 17.9 Å². The van der Waals surface area contributed by atoms with Crippen molar-refractivity contribution in [3.63, 3.8) is 0 Å². The fraction of sp³-hybridized carbons (Fsp3) is 0.450. The second kappa shape index (κ2) is 8.15. The molecule has 0 bridgehead atoms. The van der Waals surface area contributed by atoms with Crippen molar-refractivity contribution in [3.05, 3.63) is 47.7 Å². The molecule has 0 saturated heterocycles. The number of carbonyl (C=O) groups is 1. The summed E-state index contributed by atoms with van der Waals surface area (Å²) in [6.07, 6.45) is 9.18. The van der Waals surface area contributed by atoms with E-state index in [9.17, 15) is 4.79 Å². The molecule has 24 heavy (non-hydrogen) atoms. The number of aromatic carboxylic acids is 1. The van der Waals surface area contributed by atoms with Gasteiger partial charge in [-0.15, -0.1) is 0 Å². The van der Waals surface area contributed by atoms with Gasteiger partial charge in [0.15, 0.2) is 0 Å². The second-order valence-electron chi connectivity index (χ2n) is 6.57. The predicted octanol–water partition coefficient (Wildman–Crippen LogP) is 4.85. The lowest BCUT2D eigenvalue weighted by Gasteiger charge is -2.20. The molecule has 2 N–H and O–H groups in total. The number of nitrogens with one attached hydrogen (secondary N) is 1. The molecule has 4 heteroatoms. The Morgan fingerprint density at radius 3 is 2.58 bits per heavy atom. The van der Waals surface area contributed by atoms with E-state index in [4.69, 9.17) is 9.52 Å². The number of furan rings is 1. The highest BCUT2D eigenvalue weighted by Gasteiger charge is 2.12. The zero-order chi connectivity index (χ0) is 16.8. The second-order valence-corrected chi connectivity index (χ2v) is 6.57. The summed E-state index contributed by atoms with van der Waals surface area (Å²) >= 11 is 0. The highest BCUT2D eigenvalue weighted by atomic mass is 16.4. The Labute approximate surface area is 142 Å². The highest BCUT2D eigenvalue weighted by molar-refractivity contribution is 5.89. The van der Waals surface area contributed by atoms with E-state index in [1.165, 1.54) is 44.9 Å². The quantitative estimate of drug-likeness (QED) is 0.824. The zero-order valence-electron chi connectivity index (χ0n) is 14.0. The Morgan fingerprint density at radius 1 is 1.08 bits per heavy atom. The van der Waals surface area contributed by atoms with E-state index >= 15 is 0 Å². The first-order valence-electron chi connectivity index (χ1n) is 8.88. The minimum Gasteiger partial charge on any atom is -0.478 e. The predicted molar refractivity (Wildman–Crippen MR) is 94.1 cm³/mol. The van der Waals surface area contributed by atoms with E-state index in [-0.39, 0.29) is 5.56 Å². The molecule has 0 spiro atoms. The topological polar surface area (TPSA) is 62.5 Å². The van der Waals surface area contributed by atoms with Crippen LogP contribution < -0.4 is 5.32 Å². The molecule has 2 aromatic rings. The van der Waals surface area contributed by atoms with Crippen LogP contribution in [0, 0.1) is 0 Å². The first-order chi connectivity index (χ1) is 11.7. The molecule has 1 saturated carbocycles. The third-order valence-corrected chi connectivity index (χ3v) is 4.73. The first-order valence-corrected chi connectivity index (χ1v) is 8.88. The highest BCUT2D eigenvalue weighted by Crippen LogP contribution is 2.24. The normalized spacial score (nSPS) is 16.5. The van der Waals surface area contributed by atoms with Crippen molar-refractivity contribution in [2.24, 2.45) is 0 Å². The Bertz CT molecular complexity index is 669. The standard InChI is InChI=1S/C20H25NO3/c22-20(23)16-8-6-7-15(13-16)19-12-11-18(24-19)14-21-17-9-4-2-1-3-5-10-17/h6-8,11-13,17,21H,1-5,9-10,14H2,(H,22,23). The maximum absolute atomic E-state index is 11.1. The summed E-state index contributed by atoms with van der Waals surface area (Å²) in [5.41, 5.74) is 1.07. The van der Waals surface area contributed by atoms with Gasteiger partial charge in [-0.2, -0.15) is 0 Å². The van der Waals surface area contributed by atoms with E-state index < -0.39 is 5.97 Å². The fourth-order valence-corrected chi connectivity index (χ4v) is 3.34. The van der Waals surface area contributed by atoms with Crippen molar-refractivity contribution in [2.75, 3.05) is 0 Å². The van der Waals surface area contributed by atoms with Crippen LogP contribution in [-0.2, 0) is 6.54 Å². The molecule has 3 rings (SSSR count). The number of carboxylic acids is 1. The molecule has 128 valence electrons. The largest absolute Gasteiger partial charge is 0.478 e. The van der Waals surface area contributed by atoms with E-state index in [0.29, 0.717) is 11.8 Å². The van der Waals surface area contributed by atoms with Crippen LogP contribution in [0.25, 0.3) is 11.3 Å². The van der Waals surface area contributed by atoms with Crippen molar-refractivity contribution < 1.29 is 14.3 Å². The molecule has 0 amide bonds. The molecule has 1 heterocycles.